The van der Waals surface area contributed by atoms with Crippen LogP contribution >= 0.6 is 0 Å². The van der Waals surface area contributed by atoms with Gasteiger partial charge in [-0.25, -0.2) is 0 Å². The number of hydrogen-bond donors (Lipinski definition) is 2. The Labute approximate surface area is 130 Å². The summed E-state index contributed by atoms with van der Waals surface area (Å²) in [7, 11) is 0. The van der Waals surface area contributed by atoms with E-state index in [9.17, 15) is 4.79 Å². The Balaban J connectivity index is 1.55. The second-order valence-corrected chi connectivity index (χ2v) is 5.42. The van der Waals surface area contributed by atoms with Crippen LogP contribution in [0.3, 0.4) is 0 Å². The molecule has 0 bridgehead atoms. The van der Waals surface area contributed by atoms with Crippen molar-refractivity contribution >= 4 is 11.6 Å². The standard InChI is InChI=1S/C17H21N3O2/c21-17(13-18-12-14-6-5-11-22-14)19-15-7-1-2-8-16(15)20-9-3-4-10-20/h1-4,7-10,14,18H,5-6,11-13H2,(H,19,21)/t14-/m1/s1. The third-order valence-corrected chi connectivity index (χ3v) is 3.74. The van der Waals surface area contributed by atoms with Crippen LogP contribution < -0.4 is 10.6 Å². The van der Waals surface area contributed by atoms with Crippen molar-refractivity contribution in [3.63, 3.8) is 0 Å². The zero-order valence-electron chi connectivity index (χ0n) is 12.5. The predicted molar refractivity (Wildman–Crippen MR) is 86.2 cm³/mol. The lowest BCUT2D eigenvalue weighted by Crippen LogP contribution is -2.33. The molecule has 1 aromatic heterocycles. The molecule has 0 aliphatic carbocycles. The van der Waals surface area contributed by atoms with Gasteiger partial charge >= 0.3 is 0 Å². The van der Waals surface area contributed by atoms with Gasteiger partial charge in [0.2, 0.25) is 5.91 Å². The predicted octanol–water partition coefficient (Wildman–Crippen LogP) is 2.18. The summed E-state index contributed by atoms with van der Waals surface area (Å²) in [4.78, 5) is 12.1. The Kier molecular flexibility index (Phi) is 4.88. The Morgan fingerprint density at radius 1 is 1.23 bits per heavy atom. The molecule has 5 heteroatoms. The van der Waals surface area contributed by atoms with E-state index in [2.05, 4.69) is 10.6 Å². The SMILES string of the molecule is O=C(CNC[C@H]1CCCO1)Nc1ccccc1-n1cccc1. The van der Waals surface area contributed by atoms with E-state index in [1.807, 2.05) is 53.4 Å². The molecule has 2 aromatic rings. The number of nitrogens with zero attached hydrogens (tertiary/aromatic N) is 1. The number of rotatable bonds is 6. The van der Waals surface area contributed by atoms with Crippen LogP contribution in [0.4, 0.5) is 5.69 Å². The highest BCUT2D eigenvalue weighted by atomic mass is 16.5. The first-order valence-electron chi connectivity index (χ1n) is 7.67. The normalized spacial score (nSPS) is 17.5. The average molecular weight is 299 g/mol. The number of aromatic nitrogens is 1. The molecule has 1 saturated heterocycles. The molecule has 1 atom stereocenters. The second-order valence-electron chi connectivity index (χ2n) is 5.42. The van der Waals surface area contributed by atoms with Gasteiger partial charge in [-0.05, 0) is 37.1 Å². The molecule has 1 aliphatic heterocycles. The second kappa shape index (κ2) is 7.24. The topological polar surface area (TPSA) is 55.3 Å². The minimum Gasteiger partial charge on any atom is -0.377 e. The molecule has 0 saturated carbocycles. The maximum absolute atomic E-state index is 12.1. The van der Waals surface area contributed by atoms with Crippen molar-refractivity contribution in [2.45, 2.75) is 18.9 Å². The molecule has 1 aromatic carbocycles. The van der Waals surface area contributed by atoms with Gasteiger partial charge in [0.15, 0.2) is 0 Å². The molecule has 0 radical (unpaired) electrons. The largest absolute Gasteiger partial charge is 0.377 e. The fraction of sp³-hybridized carbons (Fsp3) is 0.353. The van der Waals surface area contributed by atoms with Crippen molar-refractivity contribution in [3.05, 3.63) is 48.8 Å². The van der Waals surface area contributed by atoms with Gasteiger partial charge in [0, 0.05) is 25.5 Å². The quantitative estimate of drug-likeness (QED) is 0.859. The number of anilines is 1. The highest BCUT2D eigenvalue weighted by molar-refractivity contribution is 5.94. The third kappa shape index (κ3) is 3.75. The van der Waals surface area contributed by atoms with E-state index in [0.29, 0.717) is 6.54 Å². The molecule has 0 unspecified atom stereocenters. The van der Waals surface area contributed by atoms with Crippen molar-refractivity contribution < 1.29 is 9.53 Å². The summed E-state index contributed by atoms with van der Waals surface area (Å²) in [5.41, 5.74) is 1.77. The number of nitrogens with one attached hydrogen (secondary N) is 2. The van der Waals surface area contributed by atoms with Gasteiger partial charge in [-0.15, -0.1) is 0 Å². The summed E-state index contributed by atoms with van der Waals surface area (Å²) in [5, 5.41) is 6.12. The van der Waals surface area contributed by atoms with E-state index >= 15 is 0 Å². The summed E-state index contributed by atoms with van der Waals surface area (Å²) in [6.07, 6.45) is 6.36. The number of carbonyl (C=O) groups excluding carboxylic acids is 1. The van der Waals surface area contributed by atoms with Crippen LogP contribution in [-0.2, 0) is 9.53 Å². The number of para-hydroxylation sites is 2. The van der Waals surface area contributed by atoms with Gasteiger partial charge in [-0.3, -0.25) is 4.79 Å². The first-order valence-corrected chi connectivity index (χ1v) is 7.67. The number of amides is 1. The van der Waals surface area contributed by atoms with Crippen molar-refractivity contribution in [2.24, 2.45) is 0 Å². The van der Waals surface area contributed by atoms with Crippen molar-refractivity contribution in [1.82, 2.24) is 9.88 Å². The molecule has 1 amide bonds. The molecular formula is C17H21N3O2. The lowest BCUT2D eigenvalue weighted by Gasteiger charge is -2.13. The van der Waals surface area contributed by atoms with Gasteiger partial charge in [0.05, 0.1) is 24.0 Å². The number of ether oxygens (including phenoxy) is 1. The molecule has 2 N–H and O–H groups in total. The van der Waals surface area contributed by atoms with E-state index in [-0.39, 0.29) is 12.0 Å². The Hall–Kier alpha value is -2.11. The van der Waals surface area contributed by atoms with Gasteiger partial charge in [-0.2, -0.15) is 0 Å². The van der Waals surface area contributed by atoms with Crippen molar-refractivity contribution in [2.75, 3.05) is 25.0 Å². The van der Waals surface area contributed by atoms with Crippen LogP contribution in [0.1, 0.15) is 12.8 Å². The van der Waals surface area contributed by atoms with Crippen LogP contribution in [0, 0.1) is 0 Å². The zero-order chi connectivity index (χ0) is 15.2. The summed E-state index contributed by atoms with van der Waals surface area (Å²) >= 11 is 0. The number of hydrogen-bond acceptors (Lipinski definition) is 3. The Bertz CT molecular complexity index is 604. The fourth-order valence-corrected chi connectivity index (χ4v) is 2.65. The molecule has 22 heavy (non-hydrogen) atoms. The van der Waals surface area contributed by atoms with Crippen molar-refractivity contribution in [3.8, 4) is 5.69 Å². The van der Waals surface area contributed by atoms with E-state index in [4.69, 9.17) is 4.74 Å². The van der Waals surface area contributed by atoms with E-state index < -0.39 is 0 Å². The van der Waals surface area contributed by atoms with Crippen molar-refractivity contribution in [1.29, 1.82) is 0 Å². The maximum Gasteiger partial charge on any atom is 0.238 e. The Morgan fingerprint density at radius 3 is 2.82 bits per heavy atom. The smallest absolute Gasteiger partial charge is 0.238 e. The average Bonchev–Trinajstić information content (AvgIpc) is 3.21. The first-order chi connectivity index (χ1) is 10.8. The molecule has 116 valence electrons. The van der Waals surface area contributed by atoms with Crippen LogP contribution in [0.15, 0.2) is 48.8 Å². The monoisotopic (exact) mass is 299 g/mol. The summed E-state index contributed by atoms with van der Waals surface area (Å²) in [5.74, 6) is -0.0439. The summed E-state index contributed by atoms with van der Waals surface area (Å²) < 4.78 is 7.51. The first kappa shape index (κ1) is 14.8. The maximum atomic E-state index is 12.1. The minimum absolute atomic E-state index is 0.0439. The van der Waals surface area contributed by atoms with E-state index in [1.54, 1.807) is 0 Å². The van der Waals surface area contributed by atoms with Gasteiger partial charge in [0.1, 0.15) is 0 Å². The summed E-state index contributed by atoms with van der Waals surface area (Å²) in [6.45, 7) is 1.86. The molecule has 0 spiro atoms. The molecule has 3 rings (SSSR count). The number of benzene rings is 1. The lowest BCUT2D eigenvalue weighted by molar-refractivity contribution is -0.115. The van der Waals surface area contributed by atoms with E-state index in [0.717, 1.165) is 37.4 Å². The van der Waals surface area contributed by atoms with Crippen LogP contribution in [0.25, 0.3) is 5.69 Å². The highest BCUT2D eigenvalue weighted by Crippen LogP contribution is 2.19. The molecule has 5 nitrogen and oxygen atoms in total. The minimum atomic E-state index is -0.0439. The number of carbonyl (C=O) groups is 1. The van der Waals surface area contributed by atoms with Crippen LogP contribution in [0.5, 0.6) is 0 Å². The van der Waals surface area contributed by atoms with Crippen LogP contribution in [-0.4, -0.2) is 36.3 Å². The highest BCUT2D eigenvalue weighted by Gasteiger charge is 2.15. The molecule has 2 heterocycles. The van der Waals surface area contributed by atoms with Crippen LogP contribution in [0.2, 0.25) is 0 Å². The lowest BCUT2D eigenvalue weighted by atomic mass is 10.2. The summed E-state index contributed by atoms with van der Waals surface area (Å²) in [6, 6.07) is 11.7. The molecular weight excluding hydrogens is 278 g/mol. The van der Waals surface area contributed by atoms with Gasteiger partial charge < -0.3 is 19.9 Å². The molecule has 1 aliphatic rings. The van der Waals surface area contributed by atoms with Gasteiger partial charge in [0.25, 0.3) is 0 Å². The molecule has 1 fully saturated rings. The van der Waals surface area contributed by atoms with Gasteiger partial charge in [-0.1, -0.05) is 12.1 Å². The Morgan fingerprint density at radius 2 is 2.05 bits per heavy atom. The fourth-order valence-electron chi connectivity index (χ4n) is 2.65. The van der Waals surface area contributed by atoms with E-state index in [1.165, 1.54) is 0 Å². The zero-order valence-corrected chi connectivity index (χ0v) is 12.5. The third-order valence-electron chi connectivity index (χ3n) is 3.74.